The Balaban J connectivity index is 0.000000215. The number of anilines is 1. The predicted molar refractivity (Wildman–Crippen MR) is 248 cm³/mol. The lowest BCUT2D eigenvalue weighted by Crippen LogP contribution is -2.49. The van der Waals surface area contributed by atoms with Crippen LogP contribution < -0.4 is 28.4 Å². The van der Waals surface area contributed by atoms with Gasteiger partial charge in [-0.2, -0.15) is 15.1 Å². The SMILES string of the molecule is C#C[C@]1(CO)O[C@@H](n2ccc(N)nc2=O)C(O)[C@H]1O.C#C[C@]1(COC(C)=O)O[C@@H](n2ccc(-n3cncn3)nc2=O)C(O)[C@H]1OC(C)=O.C#C[C@]1(COC(C)=O)O[C@@H](n2ccc(=O)[nH]c2=O)C(OC(C)=O)[C@H]1OC(C)=O. The summed E-state index contributed by atoms with van der Waals surface area (Å²) in [5.41, 5.74) is -3.16. The number of esters is 5. The molecule has 0 spiro atoms. The molecule has 4 aromatic rings. The molecule has 0 radical (unpaired) electrons. The first-order chi connectivity index (χ1) is 35.8. The summed E-state index contributed by atoms with van der Waals surface area (Å²) in [6.45, 7) is 3.87. The standard InChI is InChI=1S/C17H17N5O7.C17H18N2O9.C11H13N3O5/c1-4-17(7-27-10(2)23)14(28-11(3)24)13(25)15(29-17)21-6-5-12(20-16(21)26)22-9-18-8-19-22;1-5-17(8-25-9(2)20)14(27-11(4)22)13(26-10(3)21)15(28-17)19-7-6-12(23)18-16(19)24;1-2-11(5-15)8(17)7(16)9(19-11)14-4-3-6(12)13-10(14)18/h1,5-6,8-9,13-15,25H,7H2,2-3H3;1,6-7,13-15H,8H2,2-4H3,(H,18,23,24);1,3-4,7-9,15-17H,5H2,(H2,12,13,18)/t2*13?,14-,15-,17-;7?,8-,9-,11-/m111/s1. The van der Waals surface area contributed by atoms with Crippen molar-refractivity contribution in [1.82, 2.24) is 43.4 Å². The Kier molecular flexibility index (Phi) is 18.3. The van der Waals surface area contributed by atoms with Gasteiger partial charge in [-0.1, -0.05) is 17.8 Å². The first-order valence-electron chi connectivity index (χ1n) is 21.8. The van der Waals surface area contributed by atoms with Crippen LogP contribution in [0.5, 0.6) is 0 Å². The molecule has 3 saturated heterocycles. The molecule has 0 aliphatic carbocycles. The minimum Gasteiger partial charge on any atom is -0.462 e. The van der Waals surface area contributed by atoms with Gasteiger partial charge in [0.15, 0.2) is 48.4 Å². The van der Waals surface area contributed by atoms with Gasteiger partial charge in [-0.05, 0) is 12.1 Å². The molecular weight excluding hydrogens is 1020 g/mol. The summed E-state index contributed by atoms with van der Waals surface area (Å²) in [6.07, 6.45) is 9.96. The molecule has 12 atom stereocenters. The smallest absolute Gasteiger partial charge is 0.351 e. The number of hydrogen-bond acceptors (Lipinski definition) is 26. The second kappa shape index (κ2) is 24.0. The number of nitrogens with two attached hydrogens (primary N) is 1. The first kappa shape index (κ1) is 58.0. The van der Waals surface area contributed by atoms with Crippen LogP contribution in [0.3, 0.4) is 0 Å². The number of carbonyl (C=O) groups excluding carboxylic acids is 5. The molecular formula is C45H48N10O21. The van der Waals surface area contributed by atoms with Gasteiger partial charge in [0.1, 0.15) is 50.0 Å². The van der Waals surface area contributed by atoms with Gasteiger partial charge in [-0.15, -0.1) is 19.3 Å². The predicted octanol–water partition coefficient (Wildman–Crippen LogP) is -5.12. The van der Waals surface area contributed by atoms with Crippen LogP contribution in [0, 0.1) is 37.0 Å². The number of aromatic nitrogens is 9. The van der Waals surface area contributed by atoms with Gasteiger partial charge in [0, 0.05) is 59.3 Å². The molecule has 3 aliphatic heterocycles. The van der Waals surface area contributed by atoms with Crippen molar-refractivity contribution in [3.8, 4) is 42.8 Å². The van der Waals surface area contributed by atoms with Crippen molar-refractivity contribution in [2.45, 2.75) is 107 Å². The van der Waals surface area contributed by atoms with Crippen LogP contribution in [0.2, 0.25) is 0 Å². The maximum atomic E-state index is 12.5. The number of aliphatic hydroxyl groups is 4. The van der Waals surface area contributed by atoms with Crippen LogP contribution in [0.1, 0.15) is 53.3 Å². The number of aliphatic hydroxyl groups excluding tert-OH is 4. The van der Waals surface area contributed by atoms with E-state index in [1.165, 1.54) is 41.9 Å². The summed E-state index contributed by atoms with van der Waals surface area (Å²) in [5, 5.41) is 43.6. The number of nitrogens with one attached hydrogen (secondary N) is 1. The zero-order valence-electron chi connectivity index (χ0n) is 40.6. The summed E-state index contributed by atoms with van der Waals surface area (Å²) < 4.78 is 46.3. The fourth-order valence-electron chi connectivity index (χ4n) is 7.54. The number of nitrogen functional groups attached to an aromatic ring is 1. The highest BCUT2D eigenvalue weighted by Gasteiger charge is 2.61. The molecule has 0 amide bonds. The number of H-pyrrole nitrogens is 1. The Morgan fingerprint density at radius 2 is 1.18 bits per heavy atom. The van der Waals surface area contributed by atoms with Gasteiger partial charge in [0.2, 0.25) is 11.2 Å². The largest absolute Gasteiger partial charge is 0.462 e. The van der Waals surface area contributed by atoms with Crippen LogP contribution in [-0.2, 0) is 61.9 Å². The molecule has 404 valence electrons. The molecule has 0 aromatic carbocycles. The molecule has 7 rings (SSSR count). The minimum absolute atomic E-state index is 0.0136. The Morgan fingerprint density at radius 1 is 0.684 bits per heavy atom. The van der Waals surface area contributed by atoms with Gasteiger partial charge >= 0.3 is 46.9 Å². The van der Waals surface area contributed by atoms with Gasteiger partial charge in [-0.25, -0.2) is 24.0 Å². The maximum absolute atomic E-state index is 12.5. The lowest BCUT2D eigenvalue weighted by Gasteiger charge is -2.28. The van der Waals surface area contributed by atoms with Crippen LogP contribution in [0.25, 0.3) is 5.82 Å². The van der Waals surface area contributed by atoms with Gasteiger partial charge < -0.3 is 64.1 Å². The Hall–Kier alpha value is -8.87. The monoisotopic (exact) mass is 1060 g/mol. The van der Waals surface area contributed by atoms with Gasteiger partial charge in [0.05, 0.1) is 6.61 Å². The Bertz CT molecular complexity index is 3190. The fraction of sp³-hybridized carbons (Fsp3) is 0.444. The lowest BCUT2D eigenvalue weighted by molar-refractivity contribution is -0.169. The van der Waals surface area contributed by atoms with E-state index in [1.807, 2.05) is 4.98 Å². The fourth-order valence-corrected chi connectivity index (χ4v) is 7.54. The number of terminal acetylenes is 3. The molecule has 0 bridgehead atoms. The van der Waals surface area contributed by atoms with Crippen molar-refractivity contribution in [3.63, 3.8) is 0 Å². The highest BCUT2D eigenvalue weighted by Crippen LogP contribution is 2.42. The van der Waals surface area contributed by atoms with E-state index in [2.05, 4.69) is 37.8 Å². The second-order valence-electron chi connectivity index (χ2n) is 16.3. The molecule has 31 nitrogen and oxygen atoms in total. The number of aromatic amines is 1. The molecule has 7 heterocycles. The van der Waals surface area contributed by atoms with Crippen LogP contribution in [0.4, 0.5) is 5.82 Å². The third-order valence-electron chi connectivity index (χ3n) is 11.0. The first-order valence-corrected chi connectivity index (χ1v) is 21.8. The molecule has 0 saturated carbocycles. The lowest BCUT2D eigenvalue weighted by atomic mass is 9.96. The third kappa shape index (κ3) is 12.5. The highest BCUT2D eigenvalue weighted by atomic mass is 16.7. The van der Waals surface area contributed by atoms with Gasteiger partial charge in [-0.3, -0.25) is 47.5 Å². The van der Waals surface area contributed by atoms with Crippen molar-refractivity contribution in [3.05, 3.63) is 91.3 Å². The number of carbonyl (C=O) groups is 5. The number of nitrogens with zero attached hydrogens (tertiary/aromatic N) is 8. The van der Waals surface area contributed by atoms with E-state index < -0.39 is 144 Å². The van der Waals surface area contributed by atoms with E-state index >= 15 is 0 Å². The number of rotatable bonds is 12. The van der Waals surface area contributed by atoms with Crippen molar-refractivity contribution in [1.29, 1.82) is 0 Å². The molecule has 3 unspecified atom stereocenters. The summed E-state index contributed by atoms with van der Waals surface area (Å²) >= 11 is 0. The topological polar surface area (TPSA) is 421 Å². The van der Waals surface area contributed by atoms with Crippen molar-refractivity contribution in [2.75, 3.05) is 25.6 Å². The summed E-state index contributed by atoms with van der Waals surface area (Å²) in [5.74, 6) is 3.21. The van der Waals surface area contributed by atoms with E-state index in [0.717, 1.165) is 60.6 Å². The average Bonchev–Trinajstić information content (AvgIpc) is 4.12. The molecule has 3 aliphatic rings. The van der Waals surface area contributed by atoms with Crippen LogP contribution in [0.15, 0.2) is 68.6 Å². The van der Waals surface area contributed by atoms with Crippen molar-refractivity contribution >= 4 is 35.7 Å². The second-order valence-corrected chi connectivity index (χ2v) is 16.3. The van der Waals surface area contributed by atoms with Crippen molar-refractivity contribution < 1.29 is 82.3 Å². The third-order valence-corrected chi connectivity index (χ3v) is 11.0. The highest BCUT2D eigenvalue weighted by molar-refractivity contribution is 5.69. The molecule has 76 heavy (non-hydrogen) atoms. The van der Waals surface area contributed by atoms with Gasteiger partial charge in [0.25, 0.3) is 5.56 Å². The Labute approximate surface area is 427 Å². The van der Waals surface area contributed by atoms with E-state index in [4.69, 9.17) is 62.9 Å². The van der Waals surface area contributed by atoms with Crippen molar-refractivity contribution in [2.24, 2.45) is 0 Å². The average molecular weight is 1060 g/mol. The molecule has 31 heteroatoms. The minimum atomic E-state index is -1.85. The van der Waals surface area contributed by atoms with E-state index in [-0.39, 0.29) is 11.6 Å². The summed E-state index contributed by atoms with van der Waals surface area (Å²) in [7, 11) is 0. The summed E-state index contributed by atoms with van der Waals surface area (Å²) in [6, 6.07) is 3.81. The quantitative estimate of drug-likeness (QED) is 0.0439. The zero-order chi connectivity index (χ0) is 56.4. The molecule has 7 N–H and O–H groups in total. The summed E-state index contributed by atoms with van der Waals surface area (Å²) in [4.78, 5) is 118. The number of hydrogen-bond donors (Lipinski definition) is 6. The zero-order valence-corrected chi connectivity index (χ0v) is 40.6. The normalized spacial score (nSPS) is 28.1. The Morgan fingerprint density at radius 3 is 1.66 bits per heavy atom. The molecule has 3 fully saturated rings. The van der Waals surface area contributed by atoms with E-state index in [9.17, 15) is 63.6 Å². The maximum Gasteiger partial charge on any atom is 0.351 e. The number of ether oxygens (including phenoxy) is 8. The van der Waals surface area contributed by atoms with E-state index in [1.54, 1.807) is 0 Å². The van der Waals surface area contributed by atoms with Crippen LogP contribution in [-0.4, -0.2) is 167 Å². The van der Waals surface area contributed by atoms with E-state index in [0.29, 0.717) is 0 Å². The molecule has 4 aromatic heterocycles. The van der Waals surface area contributed by atoms with Crippen LogP contribution >= 0.6 is 0 Å².